The van der Waals surface area contributed by atoms with Crippen molar-refractivity contribution in [2.24, 2.45) is 0 Å². The Bertz CT molecular complexity index is 860. The average Bonchev–Trinajstić information content (AvgIpc) is 3.28. The predicted molar refractivity (Wildman–Crippen MR) is 276 cm³/mol. The van der Waals surface area contributed by atoms with Gasteiger partial charge in [0.1, 0.15) is 0 Å². The van der Waals surface area contributed by atoms with Crippen LogP contribution in [-0.2, 0) is 4.79 Å². The number of nitrogens with one attached hydrogen (secondary N) is 1. The van der Waals surface area contributed by atoms with Gasteiger partial charge >= 0.3 is 0 Å². The van der Waals surface area contributed by atoms with Crippen LogP contribution in [0.3, 0.4) is 0 Å². The van der Waals surface area contributed by atoms with Gasteiger partial charge in [0.15, 0.2) is 0 Å². The van der Waals surface area contributed by atoms with Crippen LogP contribution in [0.5, 0.6) is 0 Å². The molecule has 0 bridgehead atoms. The Balaban J connectivity index is 3.42. The lowest BCUT2D eigenvalue weighted by atomic mass is 10.0. The van der Waals surface area contributed by atoms with Crippen molar-refractivity contribution >= 4 is 5.91 Å². The van der Waals surface area contributed by atoms with Crippen molar-refractivity contribution in [3.05, 3.63) is 12.2 Å². The second-order valence-electron chi connectivity index (χ2n) is 20.1. The highest BCUT2D eigenvalue weighted by molar-refractivity contribution is 5.76. The highest BCUT2D eigenvalue weighted by Gasteiger charge is 2.18. The molecule has 0 aliphatic heterocycles. The van der Waals surface area contributed by atoms with Crippen LogP contribution in [0.4, 0.5) is 0 Å². The van der Waals surface area contributed by atoms with Crippen molar-refractivity contribution in [2.75, 3.05) is 6.61 Å². The van der Waals surface area contributed by atoms with Crippen LogP contribution in [0.1, 0.15) is 335 Å². The number of hydrogen-bond acceptors (Lipinski definition) is 3. The van der Waals surface area contributed by atoms with E-state index in [1.54, 1.807) is 6.08 Å². The number of carbonyl (C=O) groups excluding carboxylic acids is 1. The zero-order chi connectivity index (χ0) is 44.9. The summed E-state index contributed by atoms with van der Waals surface area (Å²) in [6.07, 6.45) is 71.0. The van der Waals surface area contributed by atoms with Crippen molar-refractivity contribution in [3.8, 4) is 0 Å². The molecule has 2 unspecified atom stereocenters. The first-order valence-corrected chi connectivity index (χ1v) is 28.9. The van der Waals surface area contributed by atoms with Crippen molar-refractivity contribution in [2.45, 2.75) is 347 Å². The van der Waals surface area contributed by atoms with Crippen LogP contribution < -0.4 is 5.32 Å². The summed E-state index contributed by atoms with van der Waals surface area (Å²) in [5.74, 6) is -0.0565. The maximum atomic E-state index is 12.5. The Morgan fingerprint density at radius 1 is 0.371 bits per heavy atom. The number of allylic oxidation sites excluding steroid dienone is 1. The molecule has 1 amide bonds. The van der Waals surface area contributed by atoms with E-state index in [4.69, 9.17) is 0 Å². The number of carbonyl (C=O) groups is 1. The molecule has 0 aromatic rings. The van der Waals surface area contributed by atoms with Gasteiger partial charge in [-0.2, -0.15) is 0 Å². The second kappa shape index (κ2) is 54.5. The molecule has 0 saturated carbocycles. The quantitative estimate of drug-likeness (QED) is 0.0421. The van der Waals surface area contributed by atoms with Gasteiger partial charge in [-0.05, 0) is 19.3 Å². The molecule has 0 fully saturated rings. The van der Waals surface area contributed by atoms with Crippen LogP contribution in [-0.4, -0.2) is 34.9 Å². The van der Waals surface area contributed by atoms with Gasteiger partial charge in [-0.3, -0.25) is 4.79 Å². The maximum Gasteiger partial charge on any atom is 0.220 e. The van der Waals surface area contributed by atoms with Crippen molar-refractivity contribution in [1.82, 2.24) is 5.32 Å². The zero-order valence-corrected chi connectivity index (χ0v) is 42.7. The Hall–Kier alpha value is -0.870. The molecule has 4 nitrogen and oxygen atoms in total. The summed E-state index contributed by atoms with van der Waals surface area (Å²) in [6, 6.07) is -0.618. The fourth-order valence-corrected chi connectivity index (χ4v) is 9.36. The Kier molecular flexibility index (Phi) is 53.7. The molecule has 3 N–H and O–H groups in total. The maximum absolute atomic E-state index is 12.5. The molecule has 0 heterocycles. The van der Waals surface area contributed by atoms with E-state index >= 15 is 0 Å². The molecular weight excluding hydrogens is 759 g/mol. The lowest BCUT2D eigenvalue weighted by Gasteiger charge is -2.20. The molecule has 0 aromatic carbocycles. The number of aliphatic hydroxyl groups excluding tert-OH is 2. The molecular formula is C58H115NO3. The van der Waals surface area contributed by atoms with Gasteiger partial charge in [0, 0.05) is 6.42 Å². The van der Waals surface area contributed by atoms with Gasteiger partial charge in [-0.15, -0.1) is 0 Å². The Labute approximate surface area is 390 Å². The van der Waals surface area contributed by atoms with E-state index in [9.17, 15) is 15.0 Å². The Morgan fingerprint density at radius 2 is 0.597 bits per heavy atom. The molecule has 0 rings (SSSR count). The molecule has 370 valence electrons. The minimum atomic E-state index is -0.835. The van der Waals surface area contributed by atoms with Crippen LogP contribution in [0, 0.1) is 0 Å². The first kappa shape index (κ1) is 61.1. The summed E-state index contributed by atoms with van der Waals surface area (Å²) in [6.45, 7) is 4.35. The van der Waals surface area contributed by atoms with E-state index in [-0.39, 0.29) is 12.5 Å². The molecule has 0 aromatic heterocycles. The molecule has 0 radical (unpaired) electrons. The van der Waals surface area contributed by atoms with Gasteiger partial charge in [-0.25, -0.2) is 0 Å². The standard InChI is InChI=1S/C58H115NO3/c1-3-5-7-9-11-13-15-17-19-21-23-24-25-26-27-28-29-30-31-32-33-34-35-36-37-39-41-43-45-47-49-51-53-57(61)56(55-60)59-58(62)54-52-50-48-46-44-42-40-38-22-20-18-16-14-12-10-8-6-4-2/h51,53,56-57,60-61H,3-50,52,54-55H2,1-2H3,(H,59,62)/b53-51+. The van der Waals surface area contributed by atoms with Gasteiger partial charge in [-0.1, -0.05) is 321 Å². The van der Waals surface area contributed by atoms with E-state index in [0.717, 1.165) is 25.7 Å². The fourth-order valence-electron chi connectivity index (χ4n) is 9.36. The number of rotatable bonds is 54. The van der Waals surface area contributed by atoms with Gasteiger partial charge < -0.3 is 15.5 Å². The number of aliphatic hydroxyl groups is 2. The summed E-state index contributed by atoms with van der Waals surface area (Å²) in [4.78, 5) is 12.5. The normalized spacial score (nSPS) is 12.8. The number of amides is 1. The minimum Gasteiger partial charge on any atom is -0.394 e. The van der Waals surface area contributed by atoms with Crippen molar-refractivity contribution < 1.29 is 15.0 Å². The van der Waals surface area contributed by atoms with Gasteiger partial charge in [0.05, 0.1) is 18.8 Å². The van der Waals surface area contributed by atoms with E-state index in [1.807, 2.05) is 6.08 Å². The molecule has 0 aliphatic carbocycles. The molecule has 2 atom stereocenters. The summed E-state index contributed by atoms with van der Waals surface area (Å²) in [5.41, 5.74) is 0. The highest BCUT2D eigenvalue weighted by Crippen LogP contribution is 2.18. The van der Waals surface area contributed by atoms with Crippen LogP contribution in [0.25, 0.3) is 0 Å². The summed E-state index contributed by atoms with van der Waals surface area (Å²) < 4.78 is 0. The van der Waals surface area contributed by atoms with Crippen molar-refractivity contribution in [3.63, 3.8) is 0 Å². The largest absolute Gasteiger partial charge is 0.394 e. The molecule has 4 heteroatoms. The average molecular weight is 875 g/mol. The minimum absolute atomic E-state index is 0.0565. The molecule has 0 saturated heterocycles. The molecule has 0 aliphatic rings. The molecule has 62 heavy (non-hydrogen) atoms. The van der Waals surface area contributed by atoms with E-state index < -0.39 is 12.1 Å². The van der Waals surface area contributed by atoms with Crippen molar-refractivity contribution in [1.29, 1.82) is 0 Å². The van der Waals surface area contributed by atoms with Crippen LogP contribution in [0.2, 0.25) is 0 Å². The fraction of sp³-hybridized carbons (Fsp3) is 0.948. The smallest absolute Gasteiger partial charge is 0.220 e. The first-order chi connectivity index (χ1) is 30.7. The monoisotopic (exact) mass is 874 g/mol. The number of hydrogen-bond donors (Lipinski definition) is 3. The van der Waals surface area contributed by atoms with E-state index in [1.165, 1.54) is 289 Å². The third-order valence-corrected chi connectivity index (χ3v) is 13.8. The summed E-state index contributed by atoms with van der Waals surface area (Å²) in [7, 11) is 0. The summed E-state index contributed by atoms with van der Waals surface area (Å²) >= 11 is 0. The summed E-state index contributed by atoms with van der Waals surface area (Å²) in [5, 5.41) is 23.2. The van der Waals surface area contributed by atoms with Crippen LogP contribution in [0.15, 0.2) is 12.2 Å². The predicted octanol–water partition coefficient (Wildman–Crippen LogP) is 18.9. The van der Waals surface area contributed by atoms with Gasteiger partial charge in [0.2, 0.25) is 5.91 Å². The third kappa shape index (κ3) is 50.1. The SMILES string of the molecule is CCCCCCCCCCCCCCCCCCCCCCCCCCCCCCCC/C=C/C(O)C(CO)NC(=O)CCCCCCCCCCCCCCCCCCCC. The van der Waals surface area contributed by atoms with E-state index in [2.05, 4.69) is 19.2 Å². The lowest BCUT2D eigenvalue weighted by Crippen LogP contribution is -2.45. The van der Waals surface area contributed by atoms with Gasteiger partial charge in [0.25, 0.3) is 0 Å². The topological polar surface area (TPSA) is 69.6 Å². The number of unbranched alkanes of at least 4 members (excludes halogenated alkanes) is 47. The third-order valence-electron chi connectivity index (χ3n) is 13.8. The first-order valence-electron chi connectivity index (χ1n) is 28.9. The highest BCUT2D eigenvalue weighted by atomic mass is 16.3. The Morgan fingerprint density at radius 3 is 0.839 bits per heavy atom. The lowest BCUT2D eigenvalue weighted by molar-refractivity contribution is -0.123. The zero-order valence-electron chi connectivity index (χ0n) is 42.7. The van der Waals surface area contributed by atoms with E-state index in [0.29, 0.717) is 6.42 Å². The second-order valence-corrected chi connectivity index (χ2v) is 20.1. The van der Waals surface area contributed by atoms with Crippen LogP contribution >= 0.6 is 0 Å². The molecule has 0 spiro atoms.